The Morgan fingerprint density at radius 1 is 0.425 bits per heavy atom. The number of rotatable bonds is 4. The second kappa shape index (κ2) is 11.5. The van der Waals surface area contributed by atoms with Crippen LogP contribution >= 0.6 is 0 Å². The van der Waals surface area contributed by atoms with Crippen LogP contribution in [0.1, 0.15) is 33.4 Å². The van der Waals surface area contributed by atoms with Gasteiger partial charge in [0, 0.05) is 0 Å². The Kier molecular flexibility index (Phi) is 8.89. The first kappa shape index (κ1) is 30.9. The van der Waals surface area contributed by atoms with Gasteiger partial charge in [-0.2, -0.15) is 26.3 Å². The van der Waals surface area contributed by atoms with E-state index in [1.54, 1.807) is 62.4 Å². The molecule has 0 spiro atoms. The molecule has 4 aromatic carbocycles. The van der Waals surface area contributed by atoms with Crippen molar-refractivity contribution in [1.29, 1.82) is 0 Å². The summed E-state index contributed by atoms with van der Waals surface area (Å²) in [5.41, 5.74) is -2.48. The average Bonchev–Trinajstić information content (AvgIpc) is 2.86. The lowest BCUT2D eigenvalue weighted by Gasteiger charge is -2.38. The van der Waals surface area contributed by atoms with Crippen molar-refractivity contribution in [2.75, 3.05) is 0 Å². The minimum atomic E-state index is -5.53. The lowest BCUT2D eigenvalue weighted by molar-refractivity contribution is -0.288. The Hall–Kier alpha value is -3.59. The predicted molar refractivity (Wildman–Crippen MR) is 143 cm³/mol. The molecule has 0 atom stereocenters. The van der Waals surface area contributed by atoms with Crippen molar-refractivity contribution in [2.45, 2.75) is 55.3 Å². The molecular formula is C31H28F6O2S. The molecule has 2 nitrogen and oxygen atoms in total. The van der Waals surface area contributed by atoms with Crippen molar-refractivity contribution in [2.24, 2.45) is 0 Å². The first-order valence-corrected chi connectivity index (χ1v) is 13.6. The molecule has 4 aromatic rings. The minimum Gasteiger partial charge on any atom is -0.219 e. The molecule has 212 valence electrons. The van der Waals surface area contributed by atoms with E-state index in [1.807, 2.05) is 13.8 Å². The fourth-order valence-electron chi connectivity index (χ4n) is 4.16. The van der Waals surface area contributed by atoms with Crippen molar-refractivity contribution in [1.82, 2.24) is 0 Å². The molecule has 0 unspecified atom stereocenters. The van der Waals surface area contributed by atoms with E-state index in [9.17, 15) is 34.8 Å². The minimum absolute atomic E-state index is 0.340. The topological polar surface area (TPSA) is 34.1 Å². The van der Waals surface area contributed by atoms with Gasteiger partial charge in [-0.3, -0.25) is 0 Å². The fraction of sp³-hybridized carbons (Fsp3) is 0.226. The molecule has 0 saturated carbocycles. The molecule has 0 amide bonds. The molecule has 0 aliphatic rings. The standard InChI is InChI=1S/C17H14F6.C14H14O2S/c1-11-3-7-13(8-4-11)15(16(18,19)20,17(21,22)23)14-9-5-12(2)6-10-14;1-11-3-7-13(8-4-11)17(15,16)14-9-5-12(2)6-10-14/h3-10H,1-2H3;3-10H,1-2H3. The van der Waals surface area contributed by atoms with Crippen LogP contribution in [0.15, 0.2) is 107 Å². The van der Waals surface area contributed by atoms with Crippen molar-refractivity contribution in [3.05, 3.63) is 130 Å². The number of hydrogen-bond donors (Lipinski definition) is 0. The van der Waals surface area contributed by atoms with Crippen LogP contribution in [0.3, 0.4) is 0 Å². The first-order valence-electron chi connectivity index (χ1n) is 12.2. The smallest absolute Gasteiger partial charge is 0.219 e. The highest BCUT2D eigenvalue weighted by Crippen LogP contribution is 2.56. The van der Waals surface area contributed by atoms with E-state index in [4.69, 9.17) is 0 Å². The zero-order chi connectivity index (χ0) is 29.9. The summed E-state index contributed by atoms with van der Waals surface area (Å²) in [6, 6.07) is 22.3. The molecule has 4 rings (SSSR count). The molecule has 9 heteroatoms. The quantitative estimate of drug-likeness (QED) is 0.227. The van der Waals surface area contributed by atoms with E-state index in [0.717, 1.165) is 35.4 Å². The van der Waals surface area contributed by atoms with Gasteiger partial charge in [-0.1, -0.05) is 95.1 Å². The van der Waals surface area contributed by atoms with Crippen molar-refractivity contribution >= 4 is 9.84 Å². The molecule has 40 heavy (non-hydrogen) atoms. The Bertz CT molecular complexity index is 1410. The normalized spacial score (nSPS) is 12.4. The van der Waals surface area contributed by atoms with E-state index in [2.05, 4.69) is 0 Å². The number of benzene rings is 4. The maximum absolute atomic E-state index is 13.7. The predicted octanol–water partition coefficient (Wildman–Crippen LogP) is 8.85. The van der Waals surface area contributed by atoms with Crippen LogP contribution in [0.25, 0.3) is 0 Å². The third-order valence-corrected chi connectivity index (χ3v) is 8.27. The molecular weight excluding hydrogens is 550 g/mol. The Labute approximate surface area is 230 Å². The third kappa shape index (κ3) is 6.25. The zero-order valence-corrected chi connectivity index (χ0v) is 23.0. The molecule has 0 aliphatic heterocycles. The van der Waals surface area contributed by atoms with Crippen LogP contribution in [-0.2, 0) is 15.3 Å². The first-order chi connectivity index (χ1) is 18.5. The van der Waals surface area contributed by atoms with Crippen LogP contribution in [0, 0.1) is 27.7 Å². The summed E-state index contributed by atoms with van der Waals surface area (Å²) in [6.07, 6.45) is -11.1. The maximum atomic E-state index is 13.7. The molecule has 0 bridgehead atoms. The molecule has 0 aliphatic carbocycles. The average molecular weight is 579 g/mol. The lowest BCUT2D eigenvalue weighted by atomic mass is 9.72. The van der Waals surface area contributed by atoms with E-state index in [-0.39, 0.29) is 0 Å². The van der Waals surface area contributed by atoms with Crippen LogP contribution in [0.5, 0.6) is 0 Å². The number of alkyl halides is 6. The van der Waals surface area contributed by atoms with Crippen molar-refractivity contribution in [3.8, 4) is 0 Å². The summed E-state index contributed by atoms with van der Waals surface area (Å²) in [7, 11) is -3.37. The molecule has 0 saturated heterocycles. The van der Waals surface area contributed by atoms with Gasteiger partial charge in [-0.25, -0.2) is 8.42 Å². The summed E-state index contributed by atoms with van der Waals surface area (Å²) < 4.78 is 107. The summed E-state index contributed by atoms with van der Waals surface area (Å²) in [4.78, 5) is 0.680. The Morgan fingerprint density at radius 2 is 0.650 bits per heavy atom. The third-order valence-electron chi connectivity index (χ3n) is 6.48. The second-order valence-electron chi connectivity index (χ2n) is 9.61. The van der Waals surface area contributed by atoms with Gasteiger partial charge in [0.25, 0.3) is 0 Å². The van der Waals surface area contributed by atoms with E-state index < -0.39 is 38.7 Å². The highest BCUT2D eigenvalue weighted by Gasteiger charge is 2.72. The SMILES string of the molecule is Cc1ccc(C(c2ccc(C)cc2)(C(F)(F)F)C(F)(F)F)cc1.Cc1ccc(S(=O)(=O)c2ccc(C)cc2)cc1. The van der Waals surface area contributed by atoms with Gasteiger partial charge in [0.2, 0.25) is 15.3 Å². The molecule has 0 N–H and O–H groups in total. The fourth-order valence-corrected chi connectivity index (χ4v) is 5.42. The number of halogens is 6. The molecule has 0 aromatic heterocycles. The summed E-state index contributed by atoms with van der Waals surface area (Å²) >= 11 is 0. The van der Waals surface area contributed by atoms with Crippen molar-refractivity contribution < 1.29 is 34.8 Å². The second-order valence-corrected chi connectivity index (χ2v) is 11.6. The highest BCUT2D eigenvalue weighted by molar-refractivity contribution is 7.91. The van der Waals surface area contributed by atoms with E-state index in [0.29, 0.717) is 20.9 Å². The van der Waals surface area contributed by atoms with E-state index in [1.165, 1.54) is 24.3 Å². The van der Waals surface area contributed by atoms with Gasteiger partial charge in [0.15, 0.2) is 0 Å². The van der Waals surface area contributed by atoms with E-state index >= 15 is 0 Å². The van der Waals surface area contributed by atoms with Gasteiger partial charge >= 0.3 is 12.4 Å². The number of hydrogen-bond acceptors (Lipinski definition) is 2. The summed E-state index contributed by atoms with van der Waals surface area (Å²) in [6.45, 7) is 7.06. The van der Waals surface area contributed by atoms with Crippen LogP contribution in [0.2, 0.25) is 0 Å². The van der Waals surface area contributed by atoms with Gasteiger partial charge in [-0.15, -0.1) is 0 Å². The van der Waals surface area contributed by atoms with Crippen LogP contribution in [-0.4, -0.2) is 20.8 Å². The monoisotopic (exact) mass is 578 g/mol. The summed E-state index contributed by atoms with van der Waals surface area (Å²) in [5.74, 6) is 0. The van der Waals surface area contributed by atoms with Crippen molar-refractivity contribution in [3.63, 3.8) is 0 Å². The van der Waals surface area contributed by atoms with Crippen LogP contribution in [0.4, 0.5) is 26.3 Å². The zero-order valence-electron chi connectivity index (χ0n) is 22.2. The lowest BCUT2D eigenvalue weighted by Crippen LogP contribution is -2.54. The van der Waals surface area contributed by atoms with Gasteiger partial charge in [0.05, 0.1) is 9.79 Å². The number of sulfone groups is 1. The summed E-state index contributed by atoms with van der Waals surface area (Å²) in [5, 5.41) is 0. The number of aryl methyl sites for hydroxylation is 4. The maximum Gasteiger partial charge on any atom is 0.411 e. The molecule has 0 radical (unpaired) electrons. The van der Waals surface area contributed by atoms with Gasteiger partial charge < -0.3 is 0 Å². The van der Waals surface area contributed by atoms with Gasteiger partial charge in [0.1, 0.15) is 0 Å². The Morgan fingerprint density at radius 3 is 0.875 bits per heavy atom. The molecule has 0 fully saturated rings. The van der Waals surface area contributed by atoms with Crippen LogP contribution < -0.4 is 0 Å². The molecule has 0 heterocycles. The largest absolute Gasteiger partial charge is 0.411 e. The highest BCUT2D eigenvalue weighted by atomic mass is 32.2. The van der Waals surface area contributed by atoms with Gasteiger partial charge in [-0.05, 0) is 63.1 Å². The Balaban J connectivity index is 0.000000230.